The summed E-state index contributed by atoms with van der Waals surface area (Å²) in [5, 5.41) is 7.35. The molecular formula is C24H45F2N5O3. The highest BCUT2D eigenvalue weighted by Crippen LogP contribution is 2.16. The number of carbonyl (C=O) groups is 3. The number of amides is 3. The lowest BCUT2D eigenvalue weighted by Crippen LogP contribution is -2.45. The molecule has 0 aromatic heterocycles. The molecule has 1 heterocycles. The maximum atomic E-state index is 12.6. The molecule has 0 spiro atoms. The Bertz CT molecular complexity index is 647. The number of likely N-dealkylation sites (N-methyl/N-ethyl adjacent to an activating group) is 1. The molecule has 1 fully saturated rings. The van der Waals surface area contributed by atoms with Gasteiger partial charge in [0.05, 0.1) is 12.6 Å². The Morgan fingerprint density at radius 1 is 1.06 bits per heavy atom. The van der Waals surface area contributed by atoms with E-state index in [1.54, 1.807) is 18.9 Å². The average Bonchev–Trinajstić information content (AvgIpc) is 3.37. The minimum Gasteiger partial charge on any atom is -0.346 e. The lowest BCUT2D eigenvalue weighted by Gasteiger charge is -2.16. The molecule has 1 aromatic rings. The van der Waals surface area contributed by atoms with Gasteiger partial charge in [-0.3, -0.25) is 14.4 Å². The third kappa shape index (κ3) is 17.9. The van der Waals surface area contributed by atoms with Gasteiger partial charge in [0.1, 0.15) is 17.3 Å². The highest BCUT2D eigenvalue weighted by atomic mass is 19.1. The summed E-state index contributed by atoms with van der Waals surface area (Å²) in [5.74, 6) is -0.844. The minimum atomic E-state index is -0.780. The number of hydrogen-bond acceptors (Lipinski definition) is 5. The molecule has 198 valence electrons. The van der Waals surface area contributed by atoms with Gasteiger partial charge in [0.2, 0.25) is 18.2 Å². The molecule has 10 heteroatoms. The van der Waals surface area contributed by atoms with Crippen LogP contribution in [0.3, 0.4) is 0 Å². The Hall–Kier alpha value is -2.59. The molecule has 3 amide bonds. The maximum absolute atomic E-state index is 12.6. The fraction of sp³-hybridized carbons (Fsp3) is 0.625. The highest BCUT2D eigenvalue weighted by Gasteiger charge is 2.19. The number of para-hydroxylation sites is 1. The number of nitrogens with one attached hydrogen (secondary N) is 3. The molecular weight excluding hydrogens is 444 g/mol. The Morgan fingerprint density at radius 3 is 1.88 bits per heavy atom. The van der Waals surface area contributed by atoms with Gasteiger partial charge in [-0.1, -0.05) is 40.7 Å². The fourth-order valence-corrected chi connectivity index (χ4v) is 2.22. The van der Waals surface area contributed by atoms with Gasteiger partial charge in [-0.05, 0) is 51.9 Å². The van der Waals surface area contributed by atoms with Crippen LogP contribution >= 0.6 is 0 Å². The molecule has 1 aromatic carbocycles. The second-order valence-corrected chi connectivity index (χ2v) is 7.41. The van der Waals surface area contributed by atoms with Crippen LogP contribution in [0.25, 0.3) is 0 Å². The van der Waals surface area contributed by atoms with Gasteiger partial charge in [0, 0.05) is 13.1 Å². The summed E-state index contributed by atoms with van der Waals surface area (Å²) in [6.45, 7) is 14.0. The molecule has 1 aliphatic rings. The zero-order chi connectivity index (χ0) is 27.1. The van der Waals surface area contributed by atoms with Crippen molar-refractivity contribution >= 4 is 23.9 Å². The van der Waals surface area contributed by atoms with Gasteiger partial charge in [-0.25, -0.2) is 8.78 Å². The summed E-state index contributed by atoms with van der Waals surface area (Å²) in [7, 11) is 3.21. The Morgan fingerprint density at radius 2 is 1.50 bits per heavy atom. The van der Waals surface area contributed by atoms with Crippen molar-refractivity contribution in [3.63, 3.8) is 0 Å². The van der Waals surface area contributed by atoms with Crippen LogP contribution in [0.2, 0.25) is 0 Å². The van der Waals surface area contributed by atoms with Crippen molar-refractivity contribution in [3.05, 3.63) is 29.8 Å². The van der Waals surface area contributed by atoms with Crippen molar-refractivity contribution in [2.75, 3.05) is 39.0 Å². The van der Waals surface area contributed by atoms with Crippen LogP contribution in [-0.2, 0) is 14.4 Å². The largest absolute Gasteiger partial charge is 0.346 e. The van der Waals surface area contributed by atoms with Gasteiger partial charge in [-0.2, -0.15) is 0 Å². The van der Waals surface area contributed by atoms with E-state index >= 15 is 0 Å². The average molecular weight is 490 g/mol. The second kappa shape index (κ2) is 23.6. The smallest absolute Gasteiger partial charge is 0.241 e. The van der Waals surface area contributed by atoms with E-state index in [1.807, 2.05) is 19.2 Å². The number of nitrogens with two attached hydrogens (primary N) is 1. The van der Waals surface area contributed by atoms with E-state index in [1.165, 1.54) is 13.1 Å². The summed E-state index contributed by atoms with van der Waals surface area (Å²) in [5.41, 5.74) is 4.09. The van der Waals surface area contributed by atoms with Crippen molar-refractivity contribution in [2.45, 2.75) is 60.4 Å². The number of benzene rings is 1. The van der Waals surface area contributed by atoms with Crippen LogP contribution < -0.4 is 21.7 Å². The van der Waals surface area contributed by atoms with Gasteiger partial charge in [0.25, 0.3) is 0 Å². The first-order valence-corrected chi connectivity index (χ1v) is 11.6. The number of nitrogens with zero attached hydrogens (tertiary/aromatic N) is 1. The molecule has 1 aliphatic heterocycles. The zero-order valence-electron chi connectivity index (χ0n) is 22.0. The predicted molar refractivity (Wildman–Crippen MR) is 135 cm³/mol. The standard InChI is InChI=1S/C10H19N3O2.C7H5F2NO.C4H10.C2H6.CH5N/c1-8(11-2)10(15)12-7-9(14)13-5-3-4-6-13;8-5-2-1-3-6(9)7(5)10-4-11;1-4(2)3;2*1-2/h8,11H,3-7H2,1-2H3,(H,12,15);1-4H,(H,10,11);4H,1-3H3;1-2H3;2H2,1H3. The maximum Gasteiger partial charge on any atom is 0.241 e. The van der Waals surface area contributed by atoms with E-state index in [4.69, 9.17) is 0 Å². The normalized spacial score (nSPS) is 12.2. The topological polar surface area (TPSA) is 117 Å². The number of likely N-dealkylation sites (tertiary alicyclic amines) is 1. The van der Waals surface area contributed by atoms with E-state index in [9.17, 15) is 23.2 Å². The van der Waals surface area contributed by atoms with Crippen molar-refractivity contribution in [1.82, 2.24) is 15.5 Å². The van der Waals surface area contributed by atoms with E-state index in [2.05, 4.69) is 37.1 Å². The van der Waals surface area contributed by atoms with Crippen molar-refractivity contribution < 1.29 is 23.2 Å². The molecule has 1 unspecified atom stereocenters. The number of carbonyl (C=O) groups excluding carboxylic acids is 3. The summed E-state index contributed by atoms with van der Waals surface area (Å²) in [6.07, 6.45) is 2.38. The molecule has 1 atom stereocenters. The summed E-state index contributed by atoms with van der Waals surface area (Å²) in [4.78, 5) is 34.5. The van der Waals surface area contributed by atoms with Crippen LogP contribution in [-0.4, -0.2) is 62.9 Å². The predicted octanol–water partition coefficient (Wildman–Crippen LogP) is 3.13. The van der Waals surface area contributed by atoms with Gasteiger partial charge in [0.15, 0.2) is 0 Å². The summed E-state index contributed by atoms with van der Waals surface area (Å²) in [6, 6.07) is 3.10. The lowest BCUT2D eigenvalue weighted by molar-refractivity contribution is -0.132. The van der Waals surface area contributed by atoms with Crippen LogP contribution in [0, 0.1) is 17.6 Å². The molecule has 0 bridgehead atoms. The van der Waals surface area contributed by atoms with Gasteiger partial charge < -0.3 is 26.6 Å². The van der Waals surface area contributed by atoms with Crippen molar-refractivity contribution in [2.24, 2.45) is 11.7 Å². The van der Waals surface area contributed by atoms with Crippen LogP contribution in [0.1, 0.15) is 54.4 Å². The van der Waals surface area contributed by atoms with Crippen LogP contribution in [0.4, 0.5) is 14.5 Å². The summed E-state index contributed by atoms with van der Waals surface area (Å²) >= 11 is 0. The quantitative estimate of drug-likeness (QED) is 0.458. The van der Waals surface area contributed by atoms with E-state index in [0.717, 1.165) is 44.0 Å². The molecule has 34 heavy (non-hydrogen) atoms. The number of anilines is 1. The zero-order valence-corrected chi connectivity index (χ0v) is 22.0. The van der Waals surface area contributed by atoms with Gasteiger partial charge in [-0.15, -0.1) is 0 Å². The lowest BCUT2D eigenvalue weighted by atomic mass is 10.3. The Balaban J connectivity index is -0.000000443. The molecule has 0 radical (unpaired) electrons. The van der Waals surface area contributed by atoms with Crippen molar-refractivity contribution in [1.29, 1.82) is 0 Å². The minimum absolute atomic E-state index is 0.0177. The molecule has 1 saturated heterocycles. The Labute approximate surface area is 204 Å². The molecule has 0 saturated carbocycles. The molecule has 0 aliphatic carbocycles. The third-order valence-electron chi connectivity index (χ3n) is 3.86. The second-order valence-electron chi connectivity index (χ2n) is 7.41. The number of halogens is 2. The SMILES string of the molecule is CC.CC(C)C.CN.CNC(C)C(=O)NCC(=O)N1CCCC1.O=CNc1c(F)cccc1F. The van der Waals surface area contributed by atoms with E-state index in [0.29, 0.717) is 0 Å². The number of rotatable bonds is 6. The number of hydrogen-bond donors (Lipinski definition) is 4. The monoisotopic (exact) mass is 489 g/mol. The molecule has 5 N–H and O–H groups in total. The fourth-order valence-electron chi connectivity index (χ4n) is 2.22. The van der Waals surface area contributed by atoms with Gasteiger partial charge >= 0.3 is 0 Å². The first kappa shape index (κ1) is 36.0. The highest BCUT2D eigenvalue weighted by molar-refractivity contribution is 5.87. The summed E-state index contributed by atoms with van der Waals surface area (Å²) < 4.78 is 25.2. The van der Waals surface area contributed by atoms with Crippen LogP contribution in [0.15, 0.2) is 18.2 Å². The van der Waals surface area contributed by atoms with Crippen molar-refractivity contribution in [3.8, 4) is 0 Å². The third-order valence-corrected chi connectivity index (χ3v) is 3.86. The first-order chi connectivity index (χ1) is 16.1. The first-order valence-electron chi connectivity index (χ1n) is 11.6. The Kier molecular flexibility index (Phi) is 24.9. The molecule has 8 nitrogen and oxygen atoms in total. The van der Waals surface area contributed by atoms with E-state index in [-0.39, 0.29) is 30.8 Å². The van der Waals surface area contributed by atoms with E-state index < -0.39 is 17.3 Å². The van der Waals surface area contributed by atoms with Crippen LogP contribution in [0.5, 0.6) is 0 Å². The molecule has 2 rings (SSSR count).